The Hall–Kier alpha value is -1.48. The van der Waals surface area contributed by atoms with E-state index in [1.165, 1.54) is 24.3 Å². The smallest absolute Gasteiger partial charge is 0.251 e. The van der Waals surface area contributed by atoms with Gasteiger partial charge in [0, 0.05) is 25.0 Å². The molecule has 1 aromatic carbocycles. The molecule has 0 bridgehead atoms. The Labute approximate surface area is 149 Å². The highest BCUT2D eigenvalue weighted by molar-refractivity contribution is 7.90. The van der Waals surface area contributed by atoms with Gasteiger partial charge in [-0.25, -0.2) is 8.42 Å². The first-order chi connectivity index (χ1) is 11.8. The molecule has 1 amide bonds. The third-order valence-corrected chi connectivity index (χ3v) is 5.15. The molecule has 0 radical (unpaired) electrons. The number of sulfone groups is 1. The number of carbonyl (C=O) groups is 1. The van der Waals surface area contributed by atoms with E-state index in [-0.39, 0.29) is 22.9 Å². The summed E-state index contributed by atoms with van der Waals surface area (Å²) >= 11 is 0. The van der Waals surface area contributed by atoms with Gasteiger partial charge in [-0.05, 0) is 44.8 Å². The van der Waals surface area contributed by atoms with Gasteiger partial charge in [0.2, 0.25) is 0 Å². The molecule has 25 heavy (non-hydrogen) atoms. The topological polar surface area (TPSA) is 84.9 Å². The van der Waals surface area contributed by atoms with Crippen LogP contribution in [-0.4, -0.2) is 78.1 Å². The standard InChI is InChI=1S/C17H26N2O5S/c1-19(2)9-11-24-16-8-10-23-12-15(16)18-17(20)13-4-6-14(7-5-13)25(3,21)22/h4-7,15-16H,8-12H2,1-3H3,(H,18,20)/t15-,16+/m0/s1. The maximum absolute atomic E-state index is 12.4. The quantitative estimate of drug-likeness (QED) is 0.755. The van der Waals surface area contributed by atoms with Crippen LogP contribution < -0.4 is 5.32 Å². The summed E-state index contributed by atoms with van der Waals surface area (Å²) in [4.78, 5) is 14.6. The molecule has 2 atom stereocenters. The van der Waals surface area contributed by atoms with Crippen LogP contribution >= 0.6 is 0 Å². The second kappa shape index (κ2) is 8.75. The average molecular weight is 370 g/mol. The van der Waals surface area contributed by atoms with Crippen molar-refractivity contribution in [2.45, 2.75) is 23.5 Å². The van der Waals surface area contributed by atoms with E-state index in [1.807, 2.05) is 19.0 Å². The number of ether oxygens (including phenoxy) is 2. The molecule has 0 unspecified atom stereocenters. The maximum Gasteiger partial charge on any atom is 0.251 e. The summed E-state index contributed by atoms with van der Waals surface area (Å²) in [6, 6.07) is 5.67. The lowest BCUT2D eigenvalue weighted by Gasteiger charge is -2.32. The van der Waals surface area contributed by atoms with Crippen molar-refractivity contribution in [2.75, 3.05) is 46.7 Å². The van der Waals surface area contributed by atoms with Gasteiger partial charge >= 0.3 is 0 Å². The molecule has 1 heterocycles. The van der Waals surface area contributed by atoms with Gasteiger partial charge in [-0.2, -0.15) is 0 Å². The number of nitrogens with one attached hydrogen (secondary N) is 1. The Morgan fingerprint density at radius 1 is 1.32 bits per heavy atom. The highest BCUT2D eigenvalue weighted by Gasteiger charge is 2.28. The fourth-order valence-electron chi connectivity index (χ4n) is 2.54. The van der Waals surface area contributed by atoms with Crippen molar-refractivity contribution in [3.8, 4) is 0 Å². The van der Waals surface area contributed by atoms with Gasteiger partial charge in [-0.15, -0.1) is 0 Å². The molecule has 0 aliphatic carbocycles. The van der Waals surface area contributed by atoms with E-state index >= 15 is 0 Å². The fourth-order valence-corrected chi connectivity index (χ4v) is 3.17. The van der Waals surface area contributed by atoms with Gasteiger partial charge in [0.1, 0.15) is 0 Å². The minimum atomic E-state index is -3.27. The molecule has 140 valence electrons. The first-order valence-electron chi connectivity index (χ1n) is 8.22. The summed E-state index contributed by atoms with van der Waals surface area (Å²) in [6.07, 6.45) is 1.77. The van der Waals surface area contributed by atoms with E-state index in [2.05, 4.69) is 5.32 Å². The Kier molecular flexibility index (Phi) is 6.95. The third kappa shape index (κ3) is 6.07. The van der Waals surface area contributed by atoms with Crippen LogP contribution in [-0.2, 0) is 19.3 Å². The summed E-state index contributed by atoms with van der Waals surface area (Å²) in [6.45, 7) is 2.42. The lowest BCUT2D eigenvalue weighted by molar-refractivity contribution is -0.0561. The van der Waals surface area contributed by atoms with E-state index < -0.39 is 9.84 Å². The van der Waals surface area contributed by atoms with Crippen LogP contribution in [0, 0.1) is 0 Å². The van der Waals surface area contributed by atoms with E-state index in [1.54, 1.807) is 0 Å². The van der Waals surface area contributed by atoms with E-state index in [4.69, 9.17) is 9.47 Å². The van der Waals surface area contributed by atoms with Crippen LogP contribution in [0.15, 0.2) is 29.2 Å². The molecule has 1 saturated heterocycles. The number of rotatable bonds is 7. The van der Waals surface area contributed by atoms with Crippen molar-refractivity contribution < 1.29 is 22.7 Å². The second-order valence-electron chi connectivity index (χ2n) is 6.45. The molecule has 1 N–H and O–H groups in total. The summed E-state index contributed by atoms with van der Waals surface area (Å²) in [5.74, 6) is -0.267. The fraction of sp³-hybridized carbons (Fsp3) is 0.588. The Morgan fingerprint density at radius 3 is 2.60 bits per heavy atom. The Morgan fingerprint density at radius 2 is 2.00 bits per heavy atom. The number of likely N-dealkylation sites (N-methyl/N-ethyl adjacent to an activating group) is 1. The molecule has 8 heteroatoms. The van der Waals surface area contributed by atoms with Crippen LogP contribution in [0.5, 0.6) is 0 Å². The molecule has 0 saturated carbocycles. The minimum absolute atomic E-state index is 0.0899. The largest absolute Gasteiger partial charge is 0.379 e. The SMILES string of the molecule is CN(C)CCO[C@@H]1CCOC[C@@H]1NC(=O)c1ccc(S(C)(=O)=O)cc1. The molecule has 1 aliphatic heterocycles. The second-order valence-corrected chi connectivity index (χ2v) is 8.47. The third-order valence-electron chi connectivity index (χ3n) is 4.02. The van der Waals surface area contributed by atoms with Crippen LogP contribution in [0.3, 0.4) is 0 Å². The van der Waals surface area contributed by atoms with E-state index in [0.717, 1.165) is 19.2 Å². The highest BCUT2D eigenvalue weighted by Crippen LogP contribution is 2.14. The zero-order valence-corrected chi connectivity index (χ0v) is 15.7. The monoisotopic (exact) mass is 370 g/mol. The summed E-state index contributed by atoms with van der Waals surface area (Å²) in [5, 5.41) is 2.93. The number of amides is 1. The molecule has 7 nitrogen and oxygen atoms in total. The minimum Gasteiger partial charge on any atom is -0.379 e. The Bertz CT molecular complexity index is 673. The van der Waals surface area contributed by atoms with Crippen molar-refractivity contribution in [3.05, 3.63) is 29.8 Å². The van der Waals surface area contributed by atoms with Crippen LogP contribution in [0.2, 0.25) is 0 Å². The lowest BCUT2D eigenvalue weighted by Crippen LogP contribution is -2.51. The van der Waals surface area contributed by atoms with Crippen LogP contribution in [0.4, 0.5) is 0 Å². The number of hydrogen-bond acceptors (Lipinski definition) is 6. The average Bonchev–Trinajstić information content (AvgIpc) is 2.55. The molecular weight excluding hydrogens is 344 g/mol. The number of hydrogen-bond donors (Lipinski definition) is 1. The van der Waals surface area contributed by atoms with Gasteiger partial charge in [0.15, 0.2) is 9.84 Å². The van der Waals surface area contributed by atoms with Gasteiger partial charge < -0.3 is 19.7 Å². The molecule has 0 aromatic heterocycles. The van der Waals surface area contributed by atoms with E-state index in [9.17, 15) is 13.2 Å². The number of benzene rings is 1. The first-order valence-corrected chi connectivity index (χ1v) is 10.1. The molecule has 0 spiro atoms. The molecule has 1 aromatic rings. The molecule has 1 aliphatic rings. The molecule has 2 rings (SSSR count). The van der Waals surface area contributed by atoms with Gasteiger partial charge in [-0.1, -0.05) is 0 Å². The number of carbonyl (C=O) groups excluding carboxylic acids is 1. The van der Waals surface area contributed by atoms with Crippen molar-refractivity contribution in [3.63, 3.8) is 0 Å². The summed E-state index contributed by atoms with van der Waals surface area (Å²) < 4.78 is 34.3. The predicted octanol–water partition coefficient (Wildman–Crippen LogP) is 0.556. The normalized spacial score (nSPS) is 21.3. The van der Waals surface area contributed by atoms with Gasteiger partial charge in [0.05, 0.1) is 30.3 Å². The van der Waals surface area contributed by atoms with Crippen molar-refractivity contribution in [1.82, 2.24) is 10.2 Å². The Balaban J connectivity index is 1.97. The van der Waals surface area contributed by atoms with Crippen LogP contribution in [0.1, 0.15) is 16.8 Å². The first kappa shape index (κ1) is 19.8. The highest BCUT2D eigenvalue weighted by atomic mass is 32.2. The lowest BCUT2D eigenvalue weighted by atomic mass is 10.1. The molecule has 1 fully saturated rings. The van der Waals surface area contributed by atoms with Crippen molar-refractivity contribution in [2.24, 2.45) is 0 Å². The zero-order chi connectivity index (χ0) is 18.4. The van der Waals surface area contributed by atoms with E-state index in [0.29, 0.717) is 25.4 Å². The predicted molar refractivity (Wildman–Crippen MR) is 94.5 cm³/mol. The molecular formula is C17H26N2O5S. The van der Waals surface area contributed by atoms with Crippen LogP contribution in [0.25, 0.3) is 0 Å². The maximum atomic E-state index is 12.4. The summed E-state index contributed by atoms with van der Waals surface area (Å²) in [5.41, 5.74) is 0.407. The van der Waals surface area contributed by atoms with Gasteiger partial charge in [-0.3, -0.25) is 4.79 Å². The van der Waals surface area contributed by atoms with Crippen molar-refractivity contribution in [1.29, 1.82) is 0 Å². The van der Waals surface area contributed by atoms with Gasteiger partial charge in [0.25, 0.3) is 5.91 Å². The zero-order valence-electron chi connectivity index (χ0n) is 14.9. The number of nitrogens with zero attached hydrogens (tertiary/aromatic N) is 1. The summed E-state index contributed by atoms with van der Waals surface area (Å²) in [7, 11) is 0.684. The van der Waals surface area contributed by atoms with Crippen molar-refractivity contribution >= 4 is 15.7 Å².